The molecule has 0 saturated heterocycles. The topological polar surface area (TPSA) is 18.5 Å². The number of benzene rings is 1. The highest BCUT2D eigenvalue weighted by molar-refractivity contribution is 6.18. The van der Waals surface area contributed by atoms with Gasteiger partial charge in [-0.05, 0) is 37.6 Å². The first-order valence-electron chi connectivity index (χ1n) is 5.64. The average molecular weight is 253 g/mol. The molecule has 0 radical (unpaired) electrons. The maximum absolute atomic E-state index is 5.57. The van der Waals surface area contributed by atoms with Gasteiger partial charge in [-0.25, -0.2) is 0 Å². The predicted molar refractivity (Wildman–Crippen MR) is 70.5 cm³/mol. The van der Waals surface area contributed by atoms with Crippen molar-refractivity contribution < 1.29 is 9.47 Å². The van der Waals surface area contributed by atoms with Gasteiger partial charge in [-0.15, -0.1) is 11.6 Å². The average Bonchev–Trinajstić information content (AvgIpc) is 2.32. The lowest BCUT2D eigenvalue weighted by atomic mass is 10.1. The second-order valence-electron chi connectivity index (χ2n) is 3.47. The molecular formula is C14H17ClO2. The number of alkyl halides is 1. The van der Waals surface area contributed by atoms with Gasteiger partial charge in [0.2, 0.25) is 0 Å². The van der Waals surface area contributed by atoms with Crippen LogP contribution in [0.2, 0.25) is 0 Å². The summed E-state index contributed by atoms with van der Waals surface area (Å²) in [5.74, 6) is 7.48. The van der Waals surface area contributed by atoms with E-state index in [0.29, 0.717) is 18.9 Å². The second-order valence-corrected chi connectivity index (χ2v) is 3.85. The van der Waals surface area contributed by atoms with E-state index in [9.17, 15) is 0 Å². The quantitative estimate of drug-likeness (QED) is 0.346. The lowest BCUT2D eigenvalue weighted by molar-refractivity contribution is 0.0224. The van der Waals surface area contributed by atoms with Crippen molar-refractivity contribution in [2.75, 3.05) is 19.3 Å². The Bertz CT molecular complexity index is 404. The molecule has 2 nitrogen and oxygen atoms in total. The van der Waals surface area contributed by atoms with Gasteiger partial charge >= 0.3 is 0 Å². The van der Waals surface area contributed by atoms with E-state index in [0.717, 1.165) is 16.9 Å². The van der Waals surface area contributed by atoms with Crippen LogP contribution in [0.5, 0.6) is 5.75 Å². The van der Waals surface area contributed by atoms with Crippen molar-refractivity contribution in [3.05, 3.63) is 29.3 Å². The van der Waals surface area contributed by atoms with E-state index in [4.69, 9.17) is 21.1 Å². The van der Waals surface area contributed by atoms with E-state index >= 15 is 0 Å². The Morgan fingerprint density at radius 2 is 2.18 bits per heavy atom. The van der Waals surface area contributed by atoms with Gasteiger partial charge in [0.25, 0.3) is 0 Å². The Balaban J connectivity index is 2.63. The number of aryl methyl sites for hydroxylation is 1. The molecule has 0 amide bonds. The monoisotopic (exact) mass is 252 g/mol. The maximum atomic E-state index is 5.57. The number of hydrogen-bond acceptors (Lipinski definition) is 2. The van der Waals surface area contributed by atoms with Crippen LogP contribution in [-0.2, 0) is 4.74 Å². The maximum Gasteiger partial charge on any atom is 0.189 e. The highest BCUT2D eigenvalue weighted by Crippen LogP contribution is 2.16. The molecule has 0 heterocycles. The largest absolute Gasteiger partial charge is 0.468 e. The lowest BCUT2D eigenvalue weighted by Crippen LogP contribution is -2.02. The fourth-order valence-corrected chi connectivity index (χ4v) is 1.36. The van der Waals surface area contributed by atoms with Crippen LogP contribution >= 0.6 is 11.6 Å². The molecule has 0 aliphatic heterocycles. The molecule has 1 rings (SSSR count). The summed E-state index contributed by atoms with van der Waals surface area (Å²) in [6.45, 7) is 4.89. The van der Waals surface area contributed by atoms with E-state index in [1.165, 1.54) is 0 Å². The molecule has 92 valence electrons. The summed E-state index contributed by atoms with van der Waals surface area (Å²) in [4.78, 5) is 0. The van der Waals surface area contributed by atoms with Crippen LogP contribution in [-0.4, -0.2) is 19.3 Å². The van der Waals surface area contributed by atoms with E-state index in [1.54, 1.807) is 0 Å². The Morgan fingerprint density at radius 3 is 2.82 bits per heavy atom. The van der Waals surface area contributed by atoms with Gasteiger partial charge in [-0.3, -0.25) is 0 Å². The van der Waals surface area contributed by atoms with Crippen LogP contribution in [0.4, 0.5) is 0 Å². The lowest BCUT2D eigenvalue weighted by Gasteiger charge is -2.07. The fourth-order valence-electron chi connectivity index (χ4n) is 1.26. The number of rotatable bonds is 5. The number of hydrogen-bond donors (Lipinski definition) is 0. The van der Waals surface area contributed by atoms with Gasteiger partial charge in [0.15, 0.2) is 6.79 Å². The van der Waals surface area contributed by atoms with Crippen LogP contribution in [0, 0.1) is 18.8 Å². The second kappa shape index (κ2) is 8.00. The first-order valence-corrected chi connectivity index (χ1v) is 6.17. The zero-order chi connectivity index (χ0) is 12.5. The SMILES string of the molecule is CCOCOc1ccc(C#CCCCl)c(C)c1. The molecular weight excluding hydrogens is 236 g/mol. The number of halogens is 1. The predicted octanol–water partition coefficient (Wildman–Crippen LogP) is 3.35. The molecule has 17 heavy (non-hydrogen) atoms. The highest BCUT2D eigenvalue weighted by Gasteiger charge is 1.98. The van der Waals surface area contributed by atoms with E-state index < -0.39 is 0 Å². The van der Waals surface area contributed by atoms with Gasteiger partial charge in [0.05, 0.1) is 0 Å². The summed E-state index contributed by atoms with van der Waals surface area (Å²) < 4.78 is 10.5. The molecule has 0 atom stereocenters. The third kappa shape index (κ3) is 5.12. The minimum atomic E-state index is 0.285. The zero-order valence-electron chi connectivity index (χ0n) is 10.3. The zero-order valence-corrected chi connectivity index (χ0v) is 11.0. The van der Waals surface area contributed by atoms with Gasteiger partial charge in [0.1, 0.15) is 5.75 Å². The van der Waals surface area contributed by atoms with Crippen LogP contribution < -0.4 is 4.74 Å². The molecule has 0 saturated carbocycles. The molecule has 0 N–H and O–H groups in total. The Morgan fingerprint density at radius 1 is 1.35 bits per heavy atom. The van der Waals surface area contributed by atoms with Gasteiger partial charge < -0.3 is 9.47 Å². The summed E-state index contributed by atoms with van der Waals surface area (Å²) in [7, 11) is 0. The van der Waals surface area contributed by atoms with Crippen molar-refractivity contribution in [3.63, 3.8) is 0 Å². The van der Waals surface area contributed by atoms with E-state index in [1.807, 2.05) is 32.0 Å². The van der Waals surface area contributed by atoms with E-state index in [-0.39, 0.29) is 6.79 Å². The molecule has 0 fully saturated rings. The Kier molecular flexibility index (Phi) is 6.54. The molecule has 0 bridgehead atoms. The van der Waals surface area contributed by atoms with E-state index in [2.05, 4.69) is 11.8 Å². The summed E-state index contributed by atoms with van der Waals surface area (Å²) in [5, 5.41) is 0. The minimum Gasteiger partial charge on any atom is -0.468 e. The first kappa shape index (κ1) is 13.9. The molecule has 0 aromatic heterocycles. The molecule has 3 heteroatoms. The normalized spacial score (nSPS) is 9.59. The van der Waals surface area contributed by atoms with Crippen molar-refractivity contribution in [1.82, 2.24) is 0 Å². The van der Waals surface area contributed by atoms with Gasteiger partial charge in [-0.2, -0.15) is 0 Å². The van der Waals surface area contributed by atoms with Crippen LogP contribution in [0.3, 0.4) is 0 Å². The molecule has 0 unspecified atom stereocenters. The van der Waals surface area contributed by atoms with Crippen molar-refractivity contribution in [2.45, 2.75) is 20.3 Å². The molecule has 0 aliphatic rings. The highest BCUT2D eigenvalue weighted by atomic mass is 35.5. The Hall–Kier alpha value is -1.17. The summed E-state index contributed by atoms with van der Waals surface area (Å²) in [5.41, 5.74) is 2.11. The van der Waals surface area contributed by atoms with Crippen molar-refractivity contribution in [2.24, 2.45) is 0 Å². The van der Waals surface area contributed by atoms with Gasteiger partial charge in [0, 0.05) is 24.5 Å². The van der Waals surface area contributed by atoms with Crippen LogP contribution in [0.15, 0.2) is 18.2 Å². The fraction of sp³-hybridized carbons (Fsp3) is 0.429. The third-order valence-electron chi connectivity index (χ3n) is 2.15. The molecule has 0 spiro atoms. The van der Waals surface area contributed by atoms with Crippen molar-refractivity contribution in [3.8, 4) is 17.6 Å². The van der Waals surface area contributed by atoms with Crippen LogP contribution in [0.1, 0.15) is 24.5 Å². The minimum absolute atomic E-state index is 0.285. The Labute approximate surface area is 108 Å². The third-order valence-corrected chi connectivity index (χ3v) is 2.34. The summed E-state index contributed by atoms with van der Waals surface area (Å²) in [6, 6.07) is 5.82. The smallest absolute Gasteiger partial charge is 0.189 e. The van der Waals surface area contributed by atoms with Crippen LogP contribution in [0.25, 0.3) is 0 Å². The summed E-state index contributed by atoms with van der Waals surface area (Å²) in [6.07, 6.45) is 0.712. The first-order chi connectivity index (χ1) is 8.27. The molecule has 1 aromatic carbocycles. The van der Waals surface area contributed by atoms with Crippen molar-refractivity contribution >= 4 is 11.6 Å². The van der Waals surface area contributed by atoms with Gasteiger partial charge in [-0.1, -0.05) is 11.8 Å². The van der Waals surface area contributed by atoms with Crippen molar-refractivity contribution in [1.29, 1.82) is 0 Å². The molecule has 1 aromatic rings. The standard InChI is InChI=1S/C14H17ClO2/c1-3-16-11-17-14-8-7-13(12(2)10-14)6-4-5-9-15/h7-8,10H,3,5,9,11H2,1-2H3. The summed E-state index contributed by atoms with van der Waals surface area (Å²) >= 11 is 5.57. The number of ether oxygens (including phenoxy) is 2. The molecule has 0 aliphatic carbocycles.